The van der Waals surface area contributed by atoms with E-state index in [4.69, 9.17) is 16.7 Å². The molecule has 2 N–H and O–H groups in total. The van der Waals surface area contributed by atoms with Gasteiger partial charge in [0.05, 0.1) is 0 Å². The Kier molecular flexibility index (Phi) is 3.43. The lowest BCUT2D eigenvalue weighted by atomic mass is 10.2. The van der Waals surface area contributed by atoms with Crippen molar-refractivity contribution in [3.63, 3.8) is 0 Å². The van der Waals surface area contributed by atoms with Gasteiger partial charge in [0.25, 0.3) is 0 Å². The maximum atomic E-state index is 11.1. The predicted molar refractivity (Wildman–Crippen MR) is 68.5 cm³/mol. The van der Waals surface area contributed by atoms with Gasteiger partial charge in [-0.2, -0.15) is 0 Å². The Bertz CT molecular complexity index is 584. The molecule has 5 nitrogen and oxygen atoms in total. The highest BCUT2D eigenvalue weighted by Crippen LogP contribution is 2.20. The Morgan fingerprint density at radius 3 is 2.56 bits per heavy atom. The van der Waals surface area contributed by atoms with Crippen LogP contribution in [0.3, 0.4) is 0 Å². The van der Waals surface area contributed by atoms with Gasteiger partial charge >= 0.3 is 5.97 Å². The van der Waals surface area contributed by atoms with Crippen LogP contribution in [-0.2, 0) is 0 Å². The minimum Gasteiger partial charge on any atom is -0.478 e. The van der Waals surface area contributed by atoms with Crippen molar-refractivity contribution in [2.24, 2.45) is 0 Å². The first kappa shape index (κ1) is 12.3. The lowest BCUT2D eigenvalue weighted by Gasteiger charge is -2.08. The number of carboxylic acid groups (broad SMARTS) is 1. The number of hydrogen-bond acceptors (Lipinski definition) is 4. The highest BCUT2D eigenvalue weighted by molar-refractivity contribution is 6.29. The summed E-state index contributed by atoms with van der Waals surface area (Å²) in [6.07, 6.45) is 0. The molecule has 0 radical (unpaired) electrons. The zero-order chi connectivity index (χ0) is 13.1. The van der Waals surface area contributed by atoms with E-state index in [0.717, 1.165) is 11.3 Å². The fourth-order valence-corrected chi connectivity index (χ4v) is 1.54. The van der Waals surface area contributed by atoms with Crippen molar-refractivity contribution in [2.75, 3.05) is 5.32 Å². The third-order valence-corrected chi connectivity index (χ3v) is 2.49. The number of aryl methyl sites for hydroxylation is 1. The minimum atomic E-state index is -1.11. The Morgan fingerprint density at radius 2 is 1.94 bits per heavy atom. The molecule has 0 aliphatic heterocycles. The van der Waals surface area contributed by atoms with Crippen molar-refractivity contribution in [1.82, 2.24) is 10.2 Å². The van der Waals surface area contributed by atoms with Crippen LogP contribution in [0.2, 0.25) is 5.15 Å². The lowest BCUT2D eigenvalue weighted by Crippen LogP contribution is -2.06. The molecule has 0 aliphatic carbocycles. The van der Waals surface area contributed by atoms with Crippen LogP contribution in [0.25, 0.3) is 0 Å². The van der Waals surface area contributed by atoms with E-state index in [1.54, 1.807) is 0 Å². The van der Waals surface area contributed by atoms with Crippen LogP contribution >= 0.6 is 11.6 Å². The van der Waals surface area contributed by atoms with E-state index in [9.17, 15) is 4.79 Å². The fraction of sp³-hybridized carbons (Fsp3) is 0.0833. The fourth-order valence-electron chi connectivity index (χ4n) is 1.40. The van der Waals surface area contributed by atoms with Gasteiger partial charge in [0, 0.05) is 5.69 Å². The molecule has 18 heavy (non-hydrogen) atoms. The highest BCUT2D eigenvalue weighted by atomic mass is 35.5. The first-order valence-corrected chi connectivity index (χ1v) is 5.54. The van der Waals surface area contributed by atoms with Crippen LogP contribution in [-0.4, -0.2) is 21.3 Å². The summed E-state index contributed by atoms with van der Waals surface area (Å²) in [6.45, 7) is 1.97. The summed E-state index contributed by atoms with van der Waals surface area (Å²) in [5.74, 6) is -0.947. The van der Waals surface area contributed by atoms with Crippen molar-refractivity contribution in [1.29, 1.82) is 0 Å². The van der Waals surface area contributed by atoms with Crippen molar-refractivity contribution in [2.45, 2.75) is 6.92 Å². The van der Waals surface area contributed by atoms with E-state index in [0.29, 0.717) is 0 Å². The Labute approximate surface area is 108 Å². The van der Waals surface area contributed by atoms with Gasteiger partial charge < -0.3 is 10.4 Å². The van der Waals surface area contributed by atoms with Gasteiger partial charge in [0.1, 0.15) is 5.56 Å². The number of halogens is 1. The number of anilines is 2. The van der Waals surface area contributed by atoms with Crippen LogP contribution in [0.4, 0.5) is 11.5 Å². The maximum absolute atomic E-state index is 11.1. The second-order valence-corrected chi connectivity index (χ2v) is 4.11. The Hall–Kier alpha value is -2.14. The molecule has 0 spiro atoms. The number of hydrogen-bond donors (Lipinski definition) is 2. The number of carbonyl (C=O) groups is 1. The monoisotopic (exact) mass is 263 g/mol. The van der Waals surface area contributed by atoms with Crippen LogP contribution in [0.15, 0.2) is 30.3 Å². The SMILES string of the molecule is Cc1ccc(Nc2nnc(Cl)cc2C(=O)O)cc1. The van der Waals surface area contributed by atoms with Crippen LogP contribution in [0, 0.1) is 6.92 Å². The number of nitrogens with zero attached hydrogens (tertiary/aromatic N) is 2. The summed E-state index contributed by atoms with van der Waals surface area (Å²) in [6, 6.07) is 8.74. The zero-order valence-corrected chi connectivity index (χ0v) is 10.3. The number of carboxylic acids is 1. The van der Waals surface area contributed by atoms with E-state index in [1.807, 2.05) is 31.2 Å². The number of aromatic nitrogens is 2. The largest absolute Gasteiger partial charge is 0.478 e. The molecule has 1 heterocycles. The van der Waals surface area contributed by atoms with E-state index in [-0.39, 0.29) is 16.5 Å². The summed E-state index contributed by atoms with van der Waals surface area (Å²) in [5.41, 5.74) is 1.83. The van der Waals surface area contributed by atoms with Crippen LogP contribution < -0.4 is 5.32 Å². The second-order valence-electron chi connectivity index (χ2n) is 3.73. The molecule has 0 aliphatic rings. The van der Waals surface area contributed by atoms with Gasteiger partial charge in [-0.05, 0) is 25.1 Å². The molecule has 1 aromatic carbocycles. The molecule has 92 valence electrons. The highest BCUT2D eigenvalue weighted by Gasteiger charge is 2.13. The van der Waals surface area contributed by atoms with Crippen LogP contribution in [0.1, 0.15) is 15.9 Å². The minimum absolute atomic E-state index is 0.0180. The summed E-state index contributed by atoms with van der Waals surface area (Å²) in [4.78, 5) is 11.1. The summed E-state index contributed by atoms with van der Waals surface area (Å²) >= 11 is 5.62. The molecule has 0 bridgehead atoms. The average Bonchev–Trinajstić information content (AvgIpc) is 2.34. The molecule has 2 rings (SSSR count). The van der Waals surface area contributed by atoms with Crippen molar-refractivity contribution in [3.05, 3.63) is 46.6 Å². The van der Waals surface area contributed by atoms with Crippen molar-refractivity contribution >= 4 is 29.1 Å². The van der Waals surface area contributed by atoms with Gasteiger partial charge in [0.15, 0.2) is 11.0 Å². The molecule has 6 heteroatoms. The van der Waals surface area contributed by atoms with Gasteiger partial charge in [-0.1, -0.05) is 29.3 Å². The van der Waals surface area contributed by atoms with Gasteiger partial charge in [-0.3, -0.25) is 0 Å². The lowest BCUT2D eigenvalue weighted by molar-refractivity contribution is 0.0697. The number of benzene rings is 1. The molecule has 2 aromatic rings. The maximum Gasteiger partial charge on any atom is 0.339 e. The summed E-state index contributed by atoms with van der Waals surface area (Å²) in [5, 5.41) is 19.4. The first-order valence-electron chi connectivity index (χ1n) is 5.16. The van der Waals surface area contributed by atoms with E-state index in [1.165, 1.54) is 6.07 Å². The number of rotatable bonds is 3. The smallest absolute Gasteiger partial charge is 0.339 e. The van der Waals surface area contributed by atoms with Gasteiger partial charge in [0.2, 0.25) is 0 Å². The zero-order valence-electron chi connectivity index (χ0n) is 9.51. The van der Waals surface area contributed by atoms with Crippen molar-refractivity contribution in [3.8, 4) is 0 Å². The standard InChI is InChI=1S/C12H10ClN3O2/c1-7-2-4-8(5-3-7)14-11-9(12(17)18)6-10(13)15-16-11/h2-6H,1H3,(H,14,16)(H,17,18). The predicted octanol–water partition coefficient (Wildman–Crippen LogP) is 2.88. The molecule has 0 amide bonds. The van der Waals surface area contributed by atoms with E-state index >= 15 is 0 Å². The molecule has 1 aromatic heterocycles. The van der Waals surface area contributed by atoms with E-state index in [2.05, 4.69) is 15.5 Å². The molecule has 0 saturated carbocycles. The average molecular weight is 264 g/mol. The second kappa shape index (κ2) is 5.01. The summed E-state index contributed by atoms with van der Waals surface area (Å²) < 4.78 is 0. The topological polar surface area (TPSA) is 75.1 Å². The first-order chi connectivity index (χ1) is 8.56. The molecule has 0 unspecified atom stereocenters. The normalized spacial score (nSPS) is 10.1. The molecule has 0 saturated heterocycles. The Balaban J connectivity index is 2.34. The quantitative estimate of drug-likeness (QED) is 0.891. The van der Waals surface area contributed by atoms with E-state index < -0.39 is 5.97 Å². The van der Waals surface area contributed by atoms with Crippen LogP contribution in [0.5, 0.6) is 0 Å². The molecule has 0 atom stereocenters. The summed E-state index contributed by atoms with van der Waals surface area (Å²) in [7, 11) is 0. The van der Waals surface area contributed by atoms with Gasteiger partial charge in [-0.15, -0.1) is 10.2 Å². The Morgan fingerprint density at radius 1 is 1.28 bits per heavy atom. The third-order valence-electron chi connectivity index (χ3n) is 2.31. The third kappa shape index (κ3) is 2.75. The number of aromatic carboxylic acids is 1. The van der Waals surface area contributed by atoms with Gasteiger partial charge in [-0.25, -0.2) is 4.79 Å². The molecular weight excluding hydrogens is 254 g/mol. The number of nitrogens with one attached hydrogen (secondary N) is 1. The van der Waals surface area contributed by atoms with Crippen molar-refractivity contribution < 1.29 is 9.90 Å². The molecular formula is C12H10ClN3O2. The molecule has 0 fully saturated rings.